The number of thiol groups is 1. The van der Waals surface area contributed by atoms with Gasteiger partial charge in [0.05, 0.1) is 11.3 Å². The Hall–Kier alpha value is -1.31. The quantitative estimate of drug-likeness (QED) is 0.601. The van der Waals surface area contributed by atoms with Gasteiger partial charge in [0.1, 0.15) is 16.0 Å². The van der Waals surface area contributed by atoms with Gasteiger partial charge in [0.15, 0.2) is 0 Å². The van der Waals surface area contributed by atoms with Crippen molar-refractivity contribution < 1.29 is 9.53 Å². The average molecular weight is 298 g/mol. The highest BCUT2D eigenvalue weighted by Gasteiger charge is 2.14. The van der Waals surface area contributed by atoms with Crippen LogP contribution in [0.15, 0.2) is 28.5 Å². The number of carbonyl (C=O) groups excluding carboxylic acids is 1. The molecule has 0 saturated heterocycles. The summed E-state index contributed by atoms with van der Waals surface area (Å²) in [4.78, 5) is 12.0. The molecule has 2 N–H and O–H groups in total. The van der Waals surface area contributed by atoms with Gasteiger partial charge in [-0.25, -0.2) is 0 Å². The van der Waals surface area contributed by atoms with Crippen LogP contribution >= 0.6 is 36.4 Å². The first-order valence-electron chi connectivity index (χ1n) is 4.97. The SMILES string of the molecule is COc1ccc(NC(=O)c2c(S)s[nH]c2=S)cc1. The van der Waals surface area contributed by atoms with Gasteiger partial charge < -0.3 is 14.4 Å². The monoisotopic (exact) mass is 298 g/mol. The summed E-state index contributed by atoms with van der Waals surface area (Å²) in [6, 6.07) is 7.05. The molecular weight excluding hydrogens is 288 g/mol. The summed E-state index contributed by atoms with van der Waals surface area (Å²) < 4.78 is 8.83. The molecule has 0 aliphatic carbocycles. The lowest BCUT2D eigenvalue weighted by Crippen LogP contribution is -2.12. The van der Waals surface area contributed by atoms with Crippen LogP contribution in [-0.2, 0) is 0 Å². The van der Waals surface area contributed by atoms with Crippen molar-refractivity contribution in [3.8, 4) is 5.75 Å². The molecular formula is C11H10N2O2S3. The molecule has 0 saturated carbocycles. The van der Waals surface area contributed by atoms with Crippen molar-refractivity contribution in [2.75, 3.05) is 12.4 Å². The average Bonchev–Trinajstić information content (AvgIpc) is 2.70. The first kappa shape index (κ1) is 13.1. The number of aromatic amines is 1. The highest BCUT2D eigenvalue weighted by atomic mass is 32.2. The van der Waals surface area contributed by atoms with Gasteiger partial charge in [-0.15, -0.1) is 12.6 Å². The van der Waals surface area contributed by atoms with Crippen molar-refractivity contribution in [1.29, 1.82) is 0 Å². The van der Waals surface area contributed by atoms with E-state index in [2.05, 4.69) is 22.3 Å². The van der Waals surface area contributed by atoms with Crippen molar-refractivity contribution in [2.45, 2.75) is 4.21 Å². The molecule has 0 spiro atoms. The molecule has 1 aromatic carbocycles. The van der Waals surface area contributed by atoms with Gasteiger partial charge in [-0.3, -0.25) is 4.79 Å². The highest BCUT2D eigenvalue weighted by molar-refractivity contribution is 7.83. The molecule has 0 aliphatic heterocycles. The molecule has 0 atom stereocenters. The summed E-state index contributed by atoms with van der Waals surface area (Å²) in [7, 11) is 1.59. The molecule has 4 nitrogen and oxygen atoms in total. The number of hydrogen-bond acceptors (Lipinski definition) is 5. The second-order valence-electron chi connectivity index (χ2n) is 3.40. The van der Waals surface area contributed by atoms with Gasteiger partial charge in [-0.1, -0.05) is 23.8 Å². The Kier molecular flexibility index (Phi) is 4.05. The third-order valence-electron chi connectivity index (χ3n) is 2.26. The van der Waals surface area contributed by atoms with Crippen molar-refractivity contribution >= 4 is 48.0 Å². The van der Waals surface area contributed by atoms with E-state index in [9.17, 15) is 4.79 Å². The van der Waals surface area contributed by atoms with E-state index < -0.39 is 0 Å². The van der Waals surface area contributed by atoms with Crippen molar-refractivity contribution in [3.63, 3.8) is 0 Å². The molecule has 7 heteroatoms. The van der Waals surface area contributed by atoms with Gasteiger partial charge in [-0.2, -0.15) is 0 Å². The fourth-order valence-corrected chi connectivity index (χ4v) is 2.76. The zero-order valence-corrected chi connectivity index (χ0v) is 11.9. The summed E-state index contributed by atoms with van der Waals surface area (Å²) >= 11 is 10.5. The van der Waals surface area contributed by atoms with Crippen molar-refractivity contribution in [3.05, 3.63) is 34.5 Å². The van der Waals surface area contributed by atoms with Crippen LogP contribution in [0.3, 0.4) is 0 Å². The number of hydrogen-bond donors (Lipinski definition) is 3. The summed E-state index contributed by atoms with van der Waals surface area (Å²) in [5, 5.41) is 2.75. The van der Waals surface area contributed by atoms with E-state index in [-0.39, 0.29) is 5.91 Å². The van der Waals surface area contributed by atoms with Gasteiger partial charge in [-0.05, 0) is 24.3 Å². The Morgan fingerprint density at radius 1 is 1.44 bits per heavy atom. The molecule has 2 aromatic rings. The van der Waals surface area contributed by atoms with Crippen LogP contribution in [0.4, 0.5) is 5.69 Å². The lowest BCUT2D eigenvalue weighted by atomic mass is 10.3. The van der Waals surface area contributed by atoms with Crippen LogP contribution in [0.25, 0.3) is 0 Å². The predicted octanol–water partition coefficient (Wildman–Crippen LogP) is 3.36. The number of amides is 1. The molecule has 0 bridgehead atoms. The Balaban J connectivity index is 2.19. The van der Waals surface area contributed by atoms with Crippen LogP contribution < -0.4 is 10.1 Å². The third kappa shape index (κ3) is 2.74. The fraction of sp³-hybridized carbons (Fsp3) is 0.0909. The summed E-state index contributed by atoms with van der Waals surface area (Å²) in [5.74, 6) is 0.461. The van der Waals surface area contributed by atoms with E-state index in [0.29, 0.717) is 20.1 Å². The molecule has 1 amide bonds. The molecule has 0 radical (unpaired) electrons. The Labute approximate surface area is 119 Å². The standard InChI is InChI=1S/C11H10N2O2S3/c1-15-7-4-2-6(3-5-7)12-9(14)8-10(16)13-18-11(8)17/h2-5,17H,1H3,(H,12,14)(H,13,16). The number of rotatable bonds is 3. The van der Waals surface area contributed by atoms with Crippen LogP contribution in [0.1, 0.15) is 10.4 Å². The number of H-pyrrole nitrogens is 1. The molecule has 2 rings (SSSR count). The predicted molar refractivity (Wildman–Crippen MR) is 77.7 cm³/mol. The molecule has 1 aromatic heterocycles. The van der Waals surface area contributed by atoms with E-state index >= 15 is 0 Å². The van der Waals surface area contributed by atoms with E-state index in [4.69, 9.17) is 17.0 Å². The van der Waals surface area contributed by atoms with E-state index in [1.807, 2.05) is 0 Å². The third-order valence-corrected chi connectivity index (χ3v) is 3.89. The number of aromatic nitrogens is 1. The number of carbonyl (C=O) groups is 1. The van der Waals surface area contributed by atoms with E-state index in [0.717, 1.165) is 5.75 Å². The minimum absolute atomic E-state index is 0.271. The number of benzene rings is 1. The fourth-order valence-electron chi connectivity index (χ4n) is 1.36. The molecule has 0 fully saturated rings. The number of nitrogens with one attached hydrogen (secondary N) is 2. The van der Waals surface area contributed by atoms with Crippen molar-refractivity contribution in [1.82, 2.24) is 4.37 Å². The Bertz CT molecular complexity index is 616. The second kappa shape index (κ2) is 5.55. The second-order valence-corrected chi connectivity index (χ2v) is 5.37. The summed E-state index contributed by atoms with van der Waals surface area (Å²) in [6.45, 7) is 0. The smallest absolute Gasteiger partial charge is 0.260 e. The number of methoxy groups -OCH3 is 1. The van der Waals surface area contributed by atoms with Gasteiger partial charge in [0.25, 0.3) is 5.91 Å². The van der Waals surface area contributed by atoms with Crippen molar-refractivity contribution in [2.24, 2.45) is 0 Å². The van der Waals surface area contributed by atoms with Crippen LogP contribution in [0, 0.1) is 4.64 Å². The molecule has 94 valence electrons. The van der Waals surface area contributed by atoms with Crippen LogP contribution in [0.5, 0.6) is 5.75 Å². The first-order chi connectivity index (χ1) is 8.61. The largest absolute Gasteiger partial charge is 0.497 e. The zero-order chi connectivity index (χ0) is 13.1. The molecule has 18 heavy (non-hydrogen) atoms. The highest BCUT2D eigenvalue weighted by Crippen LogP contribution is 2.22. The molecule has 1 heterocycles. The lowest BCUT2D eigenvalue weighted by molar-refractivity contribution is 0.102. The maximum absolute atomic E-state index is 12.0. The number of anilines is 1. The normalized spacial score (nSPS) is 10.1. The minimum Gasteiger partial charge on any atom is -0.497 e. The lowest BCUT2D eigenvalue weighted by Gasteiger charge is -2.05. The van der Waals surface area contributed by atoms with Gasteiger partial charge in [0, 0.05) is 5.69 Å². The Morgan fingerprint density at radius 3 is 2.61 bits per heavy atom. The minimum atomic E-state index is -0.271. The summed E-state index contributed by atoms with van der Waals surface area (Å²) in [5.41, 5.74) is 1.07. The maximum atomic E-state index is 12.0. The Morgan fingerprint density at radius 2 is 2.11 bits per heavy atom. The van der Waals surface area contributed by atoms with Gasteiger partial charge in [0.2, 0.25) is 0 Å². The number of ether oxygens (including phenoxy) is 1. The maximum Gasteiger partial charge on any atom is 0.260 e. The van der Waals surface area contributed by atoms with Gasteiger partial charge >= 0.3 is 0 Å². The van der Waals surface area contributed by atoms with E-state index in [1.165, 1.54) is 11.5 Å². The molecule has 0 unspecified atom stereocenters. The molecule has 0 aliphatic rings. The summed E-state index contributed by atoms with van der Waals surface area (Å²) in [6.07, 6.45) is 0. The van der Waals surface area contributed by atoms with Crippen LogP contribution in [0.2, 0.25) is 0 Å². The first-order valence-corrected chi connectivity index (χ1v) is 6.65. The van der Waals surface area contributed by atoms with E-state index in [1.54, 1.807) is 31.4 Å². The topological polar surface area (TPSA) is 54.1 Å². The van der Waals surface area contributed by atoms with Crippen LogP contribution in [-0.4, -0.2) is 17.4 Å². The zero-order valence-electron chi connectivity index (χ0n) is 9.39.